The summed E-state index contributed by atoms with van der Waals surface area (Å²) in [5.74, 6) is -1.23. The molecule has 0 aromatic heterocycles. The summed E-state index contributed by atoms with van der Waals surface area (Å²) >= 11 is 0. The Morgan fingerprint density at radius 2 is 2.00 bits per heavy atom. The summed E-state index contributed by atoms with van der Waals surface area (Å²) in [6, 6.07) is 8.44. The molecule has 2 rings (SSSR count). The van der Waals surface area contributed by atoms with Gasteiger partial charge in [-0.15, -0.1) is 0 Å². The lowest BCUT2D eigenvalue weighted by Gasteiger charge is -2.32. The quantitative estimate of drug-likeness (QED) is 0.567. The van der Waals surface area contributed by atoms with Crippen LogP contribution in [0.4, 0.5) is 0 Å². The summed E-state index contributed by atoms with van der Waals surface area (Å²) in [5, 5.41) is 32.0. The lowest BCUT2D eigenvalue weighted by molar-refractivity contribution is -0.566. The summed E-state index contributed by atoms with van der Waals surface area (Å²) in [4.78, 5) is 34.3. The van der Waals surface area contributed by atoms with E-state index in [1.807, 2.05) is 0 Å². The van der Waals surface area contributed by atoms with Gasteiger partial charge in [-0.1, -0.05) is 30.3 Å². The van der Waals surface area contributed by atoms with Gasteiger partial charge in [-0.05, 0) is 0 Å². The normalized spacial score (nSPS) is 20.1. The van der Waals surface area contributed by atoms with Gasteiger partial charge in [-0.2, -0.15) is 5.26 Å². The second-order valence-corrected chi connectivity index (χ2v) is 4.78. The van der Waals surface area contributed by atoms with Crippen LogP contribution in [0.1, 0.15) is 5.56 Å². The van der Waals surface area contributed by atoms with E-state index < -0.39 is 27.5 Å². The molecule has 0 radical (unpaired) electrons. The molecule has 0 spiro atoms. The van der Waals surface area contributed by atoms with Crippen molar-refractivity contribution in [3.8, 4) is 6.07 Å². The van der Waals surface area contributed by atoms with Crippen molar-refractivity contribution in [1.29, 1.82) is 5.26 Å². The second-order valence-electron chi connectivity index (χ2n) is 4.78. The number of morpholine rings is 1. The number of amides is 1. The topological polar surface area (TPSA) is 140 Å². The van der Waals surface area contributed by atoms with Crippen molar-refractivity contribution in [3.05, 3.63) is 56.1 Å². The predicted octanol–water partition coefficient (Wildman–Crippen LogP) is 0.144. The molecule has 0 saturated carbocycles. The van der Waals surface area contributed by atoms with Gasteiger partial charge in [0.25, 0.3) is 0 Å². The van der Waals surface area contributed by atoms with Gasteiger partial charge in [0, 0.05) is 4.92 Å². The standard InChI is InChI=1S/C13H12N4O6/c14-9-13(17(21)22,10-4-2-1-3-5-10)12(18)15-6-7-23-8-11(15)16(19)20/h1-5,11H,6-8H2. The molecule has 0 aliphatic carbocycles. The van der Waals surface area contributed by atoms with Crippen LogP contribution < -0.4 is 0 Å². The molecular weight excluding hydrogens is 308 g/mol. The molecular formula is C13H12N4O6. The Kier molecular flexibility index (Phi) is 4.52. The minimum Gasteiger partial charge on any atom is -0.370 e. The van der Waals surface area contributed by atoms with Gasteiger partial charge in [0.1, 0.15) is 6.61 Å². The van der Waals surface area contributed by atoms with Crippen LogP contribution in [0.5, 0.6) is 0 Å². The second kappa shape index (κ2) is 6.37. The fraction of sp³-hybridized carbons (Fsp3) is 0.385. The van der Waals surface area contributed by atoms with Crippen LogP contribution in [0.3, 0.4) is 0 Å². The minimum absolute atomic E-state index is 0.00406. The molecule has 0 N–H and O–H groups in total. The molecule has 2 atom stereocenters. The average Bonchev–Trinajstić information content (AvgIpc) is 2.56. The Balaban J connectivity index is 2.52. The Bertz CT molecular complexity index is 673. The van der Waals surface area contributed by atoms with Gasteiger partial charge in [0.15, 0.2) is 6.07 Å². The highest BCUT2D eigenvalue weighted by Gasteiger charge is 2.58. The molecule has 120 valence electrons. The SMILES string of the molecule is N#CC(C(=O)N1CCOCC1[N+](=O)[O-])(c1ccccc1)[N+](=O)[O-]. The van der Waals surface area contributed by atoms with E-state index in [-0.39, 0.29) is 25.3 Å². The highest BCUT2D eigenvalue weighted by Crippen LogP contribution is 2.28. The third-order valence-corrected chi connectivity index (χ3v) is 3.54. The third kappa shape index (κ3) is 2.69. The summed E-state index contributed by atoms with van der Waals surface area (Å²) in [5.41, 5.74) is -2.88. The minimum atomic E-state index is -2.73. The number of nitrogens with zero attached hydrogens (tertiary/aromatic N) is 4. The third-order valence-electron chi connectivity index (χ3n) is 3.54. The lowest BCUT2D eigenvalue weighted by Crippen LogP contribution is -2.59. The molecule has 1 fully saturated rings. The number of carbonyl (C=O) groups excluding carboxylic acids is 1. The molecule has 2 unspecified atom stereocenters. The maximum Gasteiger partial charge on any atom is 0.407 e. The van der Waals surface area contributed by atoms with E-state index in [2.05, 4.69) is 0 Å². The van der Waals surface area contributed by atoms with Crippen LogP contribution in [0.15, 0.2) is 30.3 Å². The number of nitriles is 1. The van der Waals surface area contributed by atoms with Gasteiger partial charge >= 0.3 is 17.6 Å². The molecule has 1 aliphatic rings. The predicted molar refractivity (Wildman–Crippen MR) is 74.0 cm³/mol. The molecule has 1 amide bonds. The molecule has 10 nitrogen and oxygen atoms in total. The van der Waals surface area contributed by atoms with E-state index in [0.717, 1.165) is 4.90 Å². The highest BCUT2D eigenvalue weighted by atomic mass is 16.6. The van der Waals surface area contributed by atoms with Crippen LogP contribution in [0, 0.1) is 31.6 Å². The number of hydrogen-bond acceptors (Lipinski definition) is 7. The first kappa shape index (κ1) is 16.3. The molecule has 1 heterocycles. The van der Waals surface area contributed by atoms with Crippen molar-refractivity contribution in [1.82, 2.24) is 4.90 Å². The van der Waals surface area contributed by atoms with Gasteiger partial charge in [0.05, 0.1) is 23.6 Å². The van der Waals surface area contributed by atoms with Crippen molar-refractivity contribution < 1.29 is 19.4 Å². The Morgan fingerprint density at radius 1 is 1.35 bits per heavy atom. The maximum atomic E-state index is 12.7. The summed E-state index contributed by atoms with van der Waals surface area (Å²) < 4.78 is 4.95. The number of nitro groups is 2. The van der Waals surface area contributed by atoms with E-state index in [1.54, 1.807) is 6.07 Å². The number of ether oxygens (including phenoxy) is 1. The average molecular weight is 320 g/mol. The summed E-state index contributed by atoms with van der Waals surface area (Å²) in [7, 11) is 0. The van der Waals surface area contributed by atoms with Crippen molar-refractivity contribution in [2.24, 2.45) is 0 Å². The first-order chi connectivity index (χ1) is 10.9. The summed E-state index contributed by atoms with van der Waals surface area (Å²) in [6.45, 7) is -0.578. The zero-order valence-electron chi connectivity index (χ0n) is 11.8. The highest BCUT2D eigenvalue weighted by molar-refractivity contribution is 5.89. The Morgan fingerprint density at radius 3 is 2.52 bits per heavy atom. The van der Waals surface area contributed by atoms with Crippen LogP contribution in [0.2, 0.25) is 0 Å². The molecule has 1 aromatic rings. The largest absolute Gasteiger partial charge is 0.407 e. The first-order valence-corrected chi connectivity index (χ1v) is 6.58. The van der Waals surface area contributed by atoms with Crippen molar-refractivity contribution in [2.45, 2.75) is 11.7 Å². The molecule has 1 saturated heterocycles. The maximum absolute atomic E-state index is 12.7. The van der Waals surface area contributed by atoms with Crippen LogP contribution in [0.25, 0.3) is 0 Å². The number of carbonyl (C=O) groups is 1. The summed E-state index contributed by atoms with van der Waals surface area (Å²) in [6.07, 6.45) is -1.56. The van der Waals surface area contributed by atoms with E-state index in [9.17, 15) is 30.3 Å². The van der Waals surface area contributed by atoms with Crippen molar-refractivity contribution >= 4 is 5.91 Å². The molecule has 23 heavy (non-hydrogen) atoms. The van der Waals surface area contributed by atoms with E-state index in [1.165, 1.54) is 30.3 Å². The van der Waals surface area contributed by atoms with Crippen LogP contribution in [-0.2, 0) is 15.1 Å². The van der Waals surface area contributed by atoms with Gasteiger partial charge < -0.3 is 4.74 Å². The Hall–Kier alpha value is -3.06. The molecule has 10 heteroatoms. The fourth-order valence-corrected chi connectivity index (χ4v) is 2.35. The van der Waals surface area contributed by atoms with E-state index in [0.29, 0.717) is 0 Å². The zero-order chi connectivity index (χ0) is 17.0. The first-order valence-electron chi connectivity index (χ1n) is 6.58. The van der Waals surface area contributed by atoms with Gasteiger partial charge in [-0.3, -0.25) is 29.9 Å². The lowest BCUT2D eigenvalue weighted by atomic mass is 9.90. The van der Waals surface area contributed by atoms with Gasteiger partial charge in [-0.25, -0.2) is 0 Å². The van der Waals surface area contributed by atoms with Crippen molar-refractivity contribution in [3.63, 3.8) is 0 Å². The number of benzene rings is 1. The Labute approximate surface area is 130 Å². The number of hydrogen-bond donors (Lipinski definition) is 0. The molecule has 0 bridgehead atoms. The monoisotopic (exact) mass is 320 g/mol. The van der Waals surface area contributed by atoms with Crippen LogP contribution in [-0.4, -0.2) is 46.6 Å². The zero-order valence-corrected chi connectivity index (χ0v) is 11.8. The van der Waals surface area contributed by atoms with Crippen LogP contribution >= 0.6 is 0 Å². The fourth-order valence-electron chi connectivity index (χ4n) is 2.35. The van der Waals surface area contributed by atoms with E-state index in [4.69, 9.17) is 4.74 Å². The van der Waals surface area contributed by atoms with Crippen molar-refractivity contribution in [2.75, 3.05) is 19.8 Å². The molecule has 1 aromatic carbocycles. The number of rotatable bonds is 4. The molecule has 1 aliphatic heterocycles. The van der Waals surface area contributed by atoms with E-state index >= 15 is 0 Å². The van der Waals surface area contributed by atoms with Gasteiger partial charge in [0.2, 0.25) is 0 Å². The smallest absolute Gasteiger partial charge is 0.370 e.